The summed E-state index contributed by atoms with van der Waals surface area (Å²) in [7, 11) is 5.65. The van der Waals surface area contributed by atoms with Crippen LogP contribution in [0.25, 0.3) is 0 Å². The minimum Gasteiger partial charge on any atom is -0.496 e. The van der Waals surface area contributed by atoms with Crippen molar-refractivity contribution in [2.45, 2.75) is 18.9 Å². The maximum absolute atomic E-state index is 12.5. The van der Waals surface area contributed by atoms with Gasteiger partial charge in [-0.25, -0.2) is 4.98 Å². The molecule has 2 aromatic rings. The molecule has 0 spiro atoms. The summed E-state index contributed by atoms with van der Waals surface area (Å²) < 4.78 is 11.0. The molecule has 0 bridgehead atoms. The van der Waals surface area contributed by atoms with Crippen LogP contribution < -0.4 is 14.8 Å². The number of pyridine rings is 1. The van der Waals surface area contributed by atoms with Crippen molar-refractivity contribution in [2.24, 2.45) is 0 Å². The number of carbonyl (C=O) groups is 1. The summed E-state index contributed by atoms with van der Waals surface area (Å²) in [6.07, 6.45) is 3.34. The first-order valence-corrected chi connectivity index (χ1v) is 8.78. The van der Waals surface area contributed by atoms with Crippen LogP contribution >= 0.6 is 0 Å². The summed E-state index contributed by atoms with van der Waals surface area (Å²) in [5.41, 5.74) is 2.85. The highest BCUT2D eigenvalue weighted by molar-refractivity contribution is 5.94. The van der Waals surface area contributed by atoms with Gasteiger partial charge in [-0.2, -0.15) is 0 Å². The third-order valence-corrected chi connectivity index (χ3v) is 4.54. The molecule has 1 amide bonds. The SMILES string of the molecule is COc1cccc2c1CCC2NC(=O)c1ccc(OCCN(C)C)nc1. The van der Waals surface area contributed by atoms with Gasteiger partial charge in [0.2, 0.25) is 5.88 Å². The molecular weight excluding hydrogens is 330 g/mol. The van der Waals surface area contributed by atoms with Gasteiger partial charge in [0.15, 0.2) is 0 Å². The van der Waals surface area contributed by atoms with Crippen molar-refractivity contribution in [2.75, 3.05) is 34.4 Å². The smallest absolute Gasteiger partial charge is 0.253 e. The van der Waals surface area contributed by atoms with E-state index in [0.717, 1.165) is 30.7 Å². The molecule has 0 fully saturated rings. The summed E-state index contributed by atoms with van der Waals surface area (Å²) in [4.78, 5) is 18.8. The second-order valence-corrected chi connectivity index (χ2v) is 6.63. The Balaban J connectivity index is 1.61. The molecule has 0 radical (unpaired) electrons. The predicted octanol–water partition coefficient (Wildman–Crippen LogP) is 2.45. The van der Waals surface area contributed by atoms with Crippen LogP contribution in [-0.4, -0.2) is 50.1 Å². The molecule has 26 heavy (non-hydrogen) atoms. The van der Waals surface area contributed by atoms with E-state index in [0.29, 0.717) is 18.1 Å². The fraction of sp³-hybridized carbons (Fsp3) is 0.400. The zero-order chi connectivity index (χ0) is 18.5. The second-order valence-electron chi connectivity index (χ2n) is 6.63. The van der Waals surface area contributed by atoms with Crippen molar-refractivity contribution >= 4 is 5.91 Å². The lowest BCUT2D eigenvalue weighted by Gasteiger charge is -2.15. The number of aromatic nitrogens is 1. The maximum Gasteiger partial charge on any atom is 0.253 e. The molecule has 6 nitrogen and oxygen atoms in total. The van der Waals surface area contributed by atoms with Gasteiger partial charge < -0.3 is 19.7 Å². The molecule has 0 aliphatic heterocycles. The van der Waals surface area contributed by atoms with Crippen molar-refractivity contribution in [3.05, 3.63) is 53.2 Å². The number of hydrogen-bond acceptors (Lipinski definition) is 5. The summed E-state index contributed by atoms with van der Waals surface area (Å²) in [6, 6.07) is 9.45. The molecule has 0 saturated carbocycles. The summed E-state index contributed by atoms with van der Waals surface area (Å²) in [5.74, 6) is 1.29. The zero-order valence-corrected chi connectivity index (χ0v) is 15.5. The van der Waals surface area contributed by atoms with Crippen LogP contribution in [0.15, 0.2) is 36.5 Å². The molecule has 1 atom stereocenters. The van der Waals surface area contributed by atoms with Crippen LogP contribution in [0.3, 0.4) is 0 Å². The summed E-state index contributed by atoms with van der Waals surface area (Å²) >= 11 is 0. The second kappa shape index (κ2) is 8.19. The Hall–Kier alpha value is -2.60. The molecule has 1 unspecified atom stereocenters. The molecule has 138 valence electrons. The Morgan fingerprint density at radius 1 is 1.31 bits per heavy atom. The number of nitrogens with zero attached hydrogens (tertiary/aromatic N) is 2. The molecular formula is C20H25N3O3. The standard InChI is InChI=1S/C20H25N3O3/c1-23(2)11-12-26-19-10-7-14(13-21-19)20(24)22-17-9-8-16-15(17)5-4-6-18(16)25-3/h4-7,10,13,17H,8-9,11-12H2,1-3H3,(H,22,24). The number of rotatable bonds is 7. The Morgan fingerprint density at radius 3 is 2.85 bits per heavy atom. The van der Waals surface area contributed by atoms with Gasteiger partial charge in [0, 0.05) is 18.8 Å². The first-order chi connectivity index (χ1) is 12.6. The van der Waals surface area contributed by atoms with E-state index in [2.05, 4.69) is 16.4 Å². The van der Waals surface area contributed by atoms with E-state index >= 15 is 0 Å². The van der Waals surface area contributed by atoms with Gasteiger partial charge >= 0.3 is 0 Å². The van der Waals surface area contributed by atoms with Crippen LogP contribution in [0.5, 0.6) is 11.6 Å². The van der Waals surface area contributed by atoms with Gasteiger partial charge in [-0.3, -0.25) is 4.79 Å². The zero-order valence-electron chi connectivity index (χ0n) is 15.5. The molecule has 6 heteroatoms. The molecule has 1 aromatic carbocycles. The maximum atomic E-state index is 12.5. The molecule has 3 rings (SSSR count). The third-order valence-electron chi connectivity index (χ3n) is 4.54. The van der Waals surface area contributed by atoms with E-state index in [1.54, 1.807) is 25.4 Å². The topological polar surface area (TPSA) is 63.7 Å². The predicted molar refractivity (Wildman–Crippen MR) is 99.8 cm³/mol. The van der Waals surface area contributed by atoms with Gasteiger partial charge in [-0.05, 0) is 50.2 Å². The van der Waals surface area contributed by atoms with Gasteiger partial charge in [0.05, 0.1) is 18.7 Å². The highest BCUT2D eigenvalue weighted by atomic mass is 16.5. The number of methoxy groups -OCH3 is 1. The summed E-state index contributed by atoms with van der Waals surface area (Å²) in [5, 5.41) is 3.10. The minimum atomic E-state index is -0.127. The Bertz CT molecular complexity index is 759. The average Bonchev–Trinajstić information content (AvgIpc) is 3.05. The van der Waals surface area contributed by atoms with Crippen molar-refractivity contribution in [3.63, 3.8) is 0 Å². The van der Waals surface area contributed by atoms with E-state index in [1.165, 1.54) is 5.56 Å². The van der Waals surface area contributed by atoms with Gasteiger partial charge in [-0.15, -0.1) is 0 Å². The number of fused-ring (bicyclic) bond motifs is 1. The van der Waals surface area contributed by atoms with Crippen molar-refractivity contribution in [1.29, 1.82) is 0 Å². The van der Waals surface area contributed by atoms with Crippen molar-refractivity contribution in [3.8, 4) is 11.6 Å². The Labute approximate surface area is 154 Å². The highest BCUT2D eigenvalue weighted by Crippen LogP contribution is 2.36. The number of carbonyl (C=O) groups excluding carboxylic acids is 1. The van der Waals surface area contributed by atoms with Gasteiger partial charge in [-0.1, -0.05) is 12.1 Å². The quantitative estimate of drug-likeness (QED) is 0.826. The van der Waals surface area contributed by atoms with Gasteiger partial charge in [0.1, 0.15) is 12.4 Å². The van der Waals surface area contributed by atoms with E-state index in [4.69, 9.17) is 9.47 Å². The number of hydrogen-bond donors (Lipinski definition) is 1. The number of ether oxygens (including phenoxy) is 2. The van der Waals surface area contributed by atoms with E-state index < -0.39 is 0 Å². The van der Waals surface area contributed by atoms with Crippen LogP contribution in [-0.2, 0) is 6.42 Å². The largest absolute Gasteiger partial charge is 0.496 e. The third kappa shape index (κ3) is 4.14. The monoisotopic (exact) mass is 355 g/mol. The first-order valence-electron chi connectivity index (χ1n) is 8.78. The van der Waals surface area contributed by atoms with E-state index in [9.17, 15) is 4.79 Å². The fourth-order valence-electron chi connectivity index (χ4n) is 3.14. The average molecular weight is 355 g/mol. The number of likely N-dealkylation sites (N-methyl/N-ethyl adjacent to an activating group) is 1. The van der Waals surface area contributed by atoms with Crippen LogP contribution in [0, 0.1) is 0 Å². The van der Waals surface area contributed by atoms with E-state index in [-0.39, 0.29) is 11.9 Å². The highest BCUT2D eigenvalue weighted by Gasteiger charge is 2.26. The van der Waals surface area contributed by atoms with Crippen LogP contribution in [0.4, 0.5) is 0 Å². The van der Waals surface area contributed by atoms with Crippen molar-refractivity contribution < 1.29 is 14.3 Å². The summed E-state index contributed by atoms with van der Waals surface area (Å²) in [6.45, 7) is 1.38. The molecule has 1 aliphatic rings. The normalized spacial score (nSPS) is 15.6. The lowest BCUT2D eigenvalue weighted by atomic mass is 10.1. The van der Waals surface area contributed by atoms with Gasteiger partial charge in [0.25, 0.3) is 5.91 Å². The van der Waals surface area contributed by atoms with E-state index in [1.807, 2.05) is 31.1 Å². The lowest BCUT2D eigenvalue weighted by Crippen LogP contribution is -2.27. The molecule has 1 aliphatic carbocycles. The van der Waals surface area contributed by atoms with Crippen molar-refractivity contribution in [1.82, 2.24) is 15.2 Å². The number of nitrogens with one attached hydrogen (secondary N) is 1. The Kier molecular flexibility index (Phi) is 5.73. The Morgan fingerprint density at radius 2 is 2.15 bits per heavy atom. The number of benzene rings is 1. The lowest BCUT2D eigenvalue weighted by molar-refractivity contribution is 0.0936. The minimum absolute atomic E-state index is 0.00335. The first kappa shape index (κ1) is 18.2. The molecule has 1 aromatic heterocycles. The fourth-order valence-corrected chi connectivity index (χ4v) is 3.14. The molecule has 1 N–H and O–H groups in total. The number of amides is 1. The molecule has 0 saturated heterocycles. The van der Waals surface area contributed by atoms with Crippen LogP contribution in [0.1, 0.15) is 33.9 Å². The molecule has 1 heterocycles. The van der Waals surface area contributed by atoms with Crippen LogP contribution in [0.2, 0.25) is 0 Å².